The van der Waals surface area contributed by atoms with E-state index in [1.807, 2.05) is 78.9 Å². The van der Waals surface area contributed by atoms with Gasteiger partial charge in [0.05, 0.1) is 11.4 Å². The Morgan fingerprint density at radius 1 is 0.846 bits per heavy atom. The van der Waals surface area contributed by atoms with Gasteiger partial charge in [-0.05, 0) is 54.1 Å². The lowest BCUT2D eigenvalue weighted by molar-refractivity contribution is 1.23. The van der Waals surface area contributed by atoms with Crippen LogP contribution in [0.3, 0.4) is 0 Å². The van der Waals surface area contributed by atoms with Gasteiger partial charge in [0, 0.05) is 16.5 Å². The number of rotatable bonds is 5. The van der Waals surface area contributed by atoms with Crippen molar-refractivity contribution in [2.24, 2.45) is 10.2 Å². The second kappa shape index (κ2) is 9.48. The molecule has 1 N–H and O–H groups in total. The average molecular weight is 398 g/mol. The summed E-state index contributed by atoms with van der Waals surface area (Å²) in [4.78, 5) is 0. The molecule has 0 amide bonds. The van der Waals surface area contributed by atoms with Crippen molar-refractivity contribution in [1.29, 1.82) is 0 Å². The highest BCUT2D eigenvalue weighted by atomic mass is 35.5. The zero-order valence-corrected chi connectivity index (χ0v) is 16.2. The minimum absolute atomic E-state index is 0.721. The zero-order valence-electron chi connectivity index (χ0n) is 13.8. The molecule has 0 saturated carbocycles. The molecule has 0 aliphatic rings. The van der Waals surface area contributed by atoms with Crippen molar-refractivity contribution in [2.45, 2.75) is 5.75 Å². The monoisotopic (exact) mass is 397 g/mol. The lowest BCUT2D eigenvalue weighted by Gasteiger charge is -2.07. The van der Waals surface area contributed by atoms with Gasteiger partial charge in [0.1, 0.15) is 4.32 Å². The first kappa shape index (κ1) is 18.6. The van der Waals surface area contributed by atoms with Gasteiger partial charge in [0.15, 0.2) is 0 Å². The summed E-state index contributed by atoms with van der Waals surface area (Å²) in [6.07, 6.45) is 0. The van der Waals surface area contributed by atoms with Crippen molar-refractivity contribution in [1.82, 2.24) is 0 Å². The molecule has 6 heteroatoms. The second-order valence-corrected chi connectivity index (χ2v) is 7.50. The van der Waals surface area contributed by atoms with Crippen LogP contribution in [0.1, 0.15) is 5.56 Å². The molecular formula is C20H16ClN3S2. The van der Waals surface area contributed by atoms with E-state index in [0.29, 0.717) is 0 Å². The van der Waals surface area contributed by atoms with Crippen molar-refractivity contribution in [3.05, 3.63) is 89.4 Å². The Labute approximate surface area is 167 Å². The zero-order chi connectivity index (χ0) is 18.2. The number of thioether (sulfide) groups is 1. The molecule has 0 fully saturated rings. The molecule has 3 nitrogen and oxygen atoms in total. The van der Waals surface area contributed by atoms with Crippen LogP contribution >= 0.6 is 35.6 Å². The maximum Gasteiger partial charge on any atom is 0.138 e. The summed E-state index contributed by atoms with van der Waals surface area (Å²) in [6.45, 7) is 0. The van der Waals surface area contributed by atoms with Crippen LogP contribution in [0.15, 0.2) is 89.1 Å². The smallest absolute Gasteiger partial charge is 0.138 e. The molecule has 0 unspecified atom stereocenters. The van der Waals surface area contributed by atoms with Crippen LogP contribution in [0, 0.1) is 0 Å². The van der Waals surface area contributed by atoms with E-state index >= 15 is 0 Å². The number of anilines is 1. The number of hydrogen-bond donors (Lipinski definition) is 1. The van der Waals surface area contributed by atoms with Gasteiger partial charge in [-0.25, -0.2) is 0 Å². The summed E-state index contributed by atoms with van der Waals surface area (Å²) in [7, 11) is 0. The molecule has 0 spiro atoms. The Kier molecular flexibility index (Phi) is 6.77. The van der Waals surface area contributed by atoms with Crippen molar-refractivity contribution >= 4 is 57.0 Å². The molecule has 130 valence electrons. The summed E-state index contributed by atoms with van der Waals surface area (Å²) >= 11 is 12.9. The number of nitrogens with one attached hydrogen (secondary N) is 1. The van der Waals surface area contributed by atoms with Crippen LogP contribution in [0.25, 0.3) is 0 Å². The molecule has 0 aliphatic heterocycles. The number of halogens is 1. The largest absolute Gasteiger partial charge is 0.341 e. The van der Waals surface area contributed by atoms with Crippen molar-refractivity contribution in [2.75, 3.05) is 5.32 Å². The van der Waals surface area contributed by atoms with Crippen LogP contribution < -0.4 is 5.32 Å². The highest BCUT2D eigenvalue weighted by Crippen LogP contribution is 2.22. The molecule has 0 aromatic heterocycles. The molecule has 3 rings (SSSR count). The number of hydrogen-bond acceptors (Lipinski definition) is 4. The van der Waals surface area contributed by atoms with E-state index < -0.39 is 0 Å². The summed E-state index contributed by atoms with van der Waals surface area (Å²) in [5.41, 5.74) is 3.73. The summed E-state index contributed by atoms with van der Waals surface area (Å²) in [5, 5.41) is 12.4. The molecule has 0 saturated heterocycles. The number of azo groups is 1. The molecule has 0 heterocycles. The summed E-state index contributed by atoms with van der Waals surface area (Å²) in [6, 6.07) is 25.1. The quantitative estimate of drug-likeness (QED) is 0.360. The Morgan fingerprint density at radius 2 is 1.46 bits per heavy atom. The first-order chi connectivity index (χ1) is 12.7. The predicted molar refractivity (Wildman–Crippen MR) is 116 cm³/mol. The lowest BCUT2D eigenvalue weighted by atomic mass is 10.2. The molecule has 26 heavy (non-hydrogen) atoms. The molecule has 0 bridgehead atoms. The molecule has 3 aromatic carbocycles. The van der Waals surface area contributed by atoms with Gasteiger partial charge in [0.2, 0.25) is 0 Å². The van der Waals surface area contributed by atoms with Crippen molar-refractivity contribution < 1.29 is 0 Å². The molecule has 0 atom stereocenters. The molecule has 0 radical (unpaired) electrons. The summed E-state index contributed by atoms with van der Waals surface area (Å²) < 4.78 is 0.721. The van der Waals surface area contributed by atoms with Crippen molar-refractivity contribution in [3.63, 3.8) is 0 Å². The Hall–Kier alpha value is -2.21. The SMILES string of the molecule is S=C(Nc1ccc(N=Nc2ccccc2)cc1)SCc1ccc(Cl)cc1. The van der Waals surface area contributed by atoms with Gasteiger partial charge in [-0.2, -0.15) is 10.2 Å². The Bertz CT molecular complexity index is 879. The maximum absolute atomic E-state index is 5.89. The fourth-order valence-electron chi connectivity index (χ4n) is 2.11. The number of benzene rings is 3. The van der Waals surface area contributed by atoms with Gasteiger partial charge in [-0.15, -0.1) is 0 Å². The fraction of sp³-hybridized carbons (Fsp3) is 0.0500. The van der Waals surface area contributed by atoms with E-state index in [2.05, 4.69) is 15.5 Å². The first-order valence-corrected chi connectivity index (χ1v) is 9.71. The molecule has 3 aromatic rings. The van der Waals surface area contributed by atoms with Gasteiger partial charge in [-0.3, -0.25) is 0 Å². The van der Waals surface area contributed by atoms with E-state index in [-0.39, 0.29) is 0 Å². The van der Waals surface area contributed by atoms with E-state index in [1.165, 1.54) is 5.56 Å². The minimum Gasteiger partial charge on any atom is -0.341 e. The van der Waals surface area contributed by atoms with Crippen LogP contribution in [0.5, 0.6) is 0 Å². The normalized spacial score (nSPS) is 10.8. The Morgan fingerprint density at radius 3 is 2.12 bits per heavy atom. The second-order valence-electron chi connectivity index (χ2n) is 5.41. The maximum atomic E-state index is 5.89. The van der Waals surface area contributed by atoms with E-state index in [0.717, 1.165) is 32.2 Å². The van der Waals surface area contributed by atoms with Gasteiger partial charge in [0.25, 0.3) is 0 Å². The van der Waals surface area contributed by atoms with Crippen LogP contribution in [-0.2, 0) is 5.75 Å². The number of nitrogens with zero attached hydrogens (tertiary/aromatic N) is 2. The van der Waals surface area contributed by atoms with E-state index in [9.17, 15) is 0 Å². The molecule has 0 aliphatic carbocycles. The van der Waals surface area contributed by atoms with Gasteiger partial charge in [-0.1, -0.05) is 65.9 Å². The topological polar surface area (TPSA) is 36.8 Å². The van der Waals surface area contributed by atoms with Crippen LogP contribution in [0.4, 0.5) is 17.1 Å². The van der Waals surface area contributed by atoms with Gasteiger partial charge >= 0.3 is 0 Å². The molecular weight excluding hydrogens is 382 g/mol. The van der Waals surface area contributed by atoms with Crippen LogP contribution in [0.2, 0.25) is 5.02 Å². The Balaban J connectivity index is 1.51. The highest BCUT2D eigenvalue weighted by molar-refractivity contribution is 8.22. The van der Waals surface area contributed by atoms with E-state index in [4.69, 9.17) is 23.8 Å². The minimum atomic E-state index is 0.721. The van der Waals surface area contributed by atoms with Crippen LogP contribution in [-0.4, -0.2) is 4.32 Å². The number of thiocarbonyl (C=S) groups is 1. The highest BCUT2D eigenvalue weighted by Gasteiger charge is 2.01. The summed E-state index contributed by atoms with van der Waals surface area (Å²) in [5.74, 6) is 0.798. The third-order valence-corrected chi connectivity index (χ3v) is 4.98. The fourth-order valence-corrected chi connectivity index (χ4v) is 3.21. The van der Waals surface area contributed by atoms with Gasteiger partial charge < -0.3 is 5.32 Å². The third-order valence-electron chi connectivity index (χ3n) is 3.43. The third kappa shape index (κ3) is 5.95. The standard InChI is InChI=1S/C20H16ClN3S2/c21-16-8-6-15(7-9-16)14-26-20(25)22-17-10-12-19(13-11-17)24-23-18-4-2-1-3-5-18/h1-13H,14H2,(H,22,25). The first-order valence-electron chi connectivity index (χ1n) is 7.94. The average Bonchev–Trinajstić information content (AvgIpc) is 2.68. The predicted octanol–water partition coefficient (Wildman–Crippen LogP) is 7.39. The van der Waals surface area contributed by atoms with E-state index in [1.54, 1.807) is 11.8 Å². The van der Waals surface area contributed by atoms with Crippen molar-refractivity contribution in [3.8, 4) is 0 Å². The lowest BCUT2D eigenvalue weighted by Crippen LogP contribution is -2.04.